The van der Waals surface area contributed by atoms with Crippen LogP contribution in [0, 0.1) is 5.92 Å². The average Bonchev–Trinajstić information content (AvgIpc) is 2.61. The highest BCUT2D eigenvalue weighted by Gasteiger charge is 2.15. The molecule has 1 aromatic heterocycles. The number of aromatic nitrogens is 2. The van der Waals surface area contributed by atoms with Gasteiger partial charge in [-0.25, -0.2) is 9.97 Å². The highest BCUT2D eigenvalue weighted by molar-refractivity contribution is 5.61. The molecule has 5 nitrogen and oxygen atoms in total. The Morgan fingerprint density at radius 3 is 2.57 bits per heavy atom. The van der Waals surface area contributed by atoms with Crippen LogP contribution in [0.15, 0.2) is 36.4 Å². The van der Waals surface area contributed by atoms with Crippen LogP contribution in [0.4, 0.5) is 11.6 Å². The predicted molar refractivity (Wildman–Crippen MR) is 93.8 cm³/mol. The summed E-state index contributed by atoms with van der Waals surface area (Å²) in [5.74, 6) is 3.18. The first-order valence-electron chi connectivity index (χ1n) is 8.23. The lowest BCUT2D eigenvalue weighted by Gasteiger charge is -2.28. The predicted octanol–water partition coefficient (Wildman–Crippen LogP) is 3.05. The molecule has 0 saturated carbocycles. The molecule has 23 heavy (non-hydrogen) atoms. The van der Waals surface area contributed by atoms with Gasteiger partial charge in [0.15, 0.2) is 5.82 Å². The molecular formula is C18H24N4O. The third kappa shape index (κ3) is 4.20. The molecule has 2 aromatic rings. The van der Waals surface area contributed by atoms with Gasteiger partial charge >= 0.3 is 0 Å². The van der Waals surface area contributed by atoms with Crippen LogP contribution in [-0.4, -0.2) is 42.8 Å². The van der Waals surface area contributed by atoms with Crippen LogP contribution in [0.2, 0.25) is 0 Å². The molecule has 0 spiro atoms. The first-order valence-corrected chi connectivity index (χ1v) is 8.23. The summed E-state index contributed by atoms with van der Waals surface area (Å²) in [5, 5.41) is 3.42. The number of morpholine rings is 1. The highest BCUT2D eigenvalue weighted by atomic mass is 16.5. The number of nitrogens with one attached hydrogen (secondary N) is 1. The molecular weight excluding hydrogens is 288 g/mol. The van der Waals surface area contributed by atoms with Crippen LogP contribution in [0.25, 0.3) is 11.4 Å². The Hall–Kier alpha value is -2.14. The fraction of sp³-hybridized carbons (Fsp3) is 0.444. The Kier molecular flexibility index (Phi) is 5.08. The van der Waals surface area contributed by atoms with Gasteiger partial charge in [0, 0.05) is 31.3 Å². The molecule has 1 N–H and O–H groups in total. The van der Waals surface area contributed by atoms with Crippen LogP contribution in [0.5, 0.6) is 0 Å². The molecule has 0 unspecified atom stereocenters. The second-order valence-corrected chi connectivity index (χ2v) is 6.18. The molecule has 0 radical (unpaired) electrons. The van der Waals surface area contributed by atoms with E-state index in [1.54, 1.807) is 0 Å². The minimum Gasteiger partial charge on any atom is -0.378 e. The van der Waals surface area contributed by atoms with E-state index in [-0.39, 0.29) is 0 Å². The minimum absolute atomic E-state index is 0.567. The third-order valence-electron chi connectivity index (χ3n) is 3.77. The summed E-state index contributed by atoms with van der Waals surface area (Å²) in [6, 6.07) is 12.2. The van der Waals surface area contributed by atoms with E-state index in [2.05, 4.69) is 24.1 Å². The number of ether oxygens (including phenoxy) is 1. The Morgan fingerprint density at radius 2 is 1.87 bits per heavy atom. The largest absolute Gasteiger partial charge is 0.378 e. The SMILES string of the molecule is CC(C)CNc1cc(N2CCOCC2)nc(-c2ccccc2)n1. The van der Waals surface area contributed by atoms with Gasteiger partial charge in [-0.05, 0) is 5.92 Å². The summed E-state index contributed by atoms with van der Waals surface area (Å²) in [7, 11) is 0. The second-order valence-electron chi connectivity index (χ2n) is 6.18. The summed E-state index contributed by atoms with van der Waals surface area (Å²) >= 11 is 0. The van der Waals surface area contributed by atoms with Crippen molar-refractivity contribution in [3.8, 4) is 11.4 Å². The van der Waals surface area contributed by atoms with Crippen molar-refractivity contribution < 1.29 is 4.74 Å². The number of hydrogen-bond donors (Lipinski definition) is 1. The van der Waals surface area contributed by atoms with Gasteiger partial charge in [-0.3, -0.25) is 0 Å². The zero-order chi connectivity index (χ0) is 16.1. The van der Waals surface area contributed by atoms with Crippen LogP contribution in [-0.2, 0) is 4.74 Å². The fourth-order valence-electron chi connectivity index (χ4n) is 2.50. The average molecular weight is 312 g/mol. The van der Waals surface area contributed by atoms with E-state index < -0.39 is 0 Å². The normalized spacial score (nSPS) is 15.0. The molecule has 0 bridgehead atoms. The van der Waals surface area contributed by atoms with Crippen molar-refractivity contribution in [2.75, 3.05) is 43.1 Å². The van der Waals surface area contributed by atoms with Gasteiger partial charge in [-0.15, -0.1) is 0 Å². The van der Waals surface area contributed by atoms with E-state index in [0.717, 1.165) is 55.9 Å². The number of benzene rings is 1. The Morgan fingerprint density at radius 1 is 1.13 bits per heavy atom. The first-order chi connectivity index (χ1) is 11.2. The van der Waals surface area contributed by atoms with E-state index in [4.69, 9.17) is 14.7 Å². The molecule has 0 aliphatic carbocycles. The van der Waals surface area contributed by atoms with Gasteiger partial charge in [0.1, 0.15) is 11.6 Å². The molecule has 2 heterocycles. The summed E-state index contributed by atoms with van der Waals surface area (Å²) < 4.78 is 5.44. The van der Waals surface area contributed by atoms with Gasteiger partial charge in [0.05, 0.1) is 13.2 Å². The van der Waals surface area contributed by atoms with Crippen molar-refractivity contribution in [1.82, 2.24) is 9.97 Å². The molecule has 1 saturated heterocycles. The van der Waals surface area contributed by atoms with Crippen molar-refractivity contribution in [2.45, 2.75) is 13.8 Å². The maximum atomic E-state index is 5.44. The highest BCUT2D eigenvalue weighted by Crippen LogP contribution is 2.23. The zero-order valence-electron chi connectivity index (χ0n) is 13.8. The van der Waals surface area contributed by atoms with Gasteiger partial charge in [0.2, 0.25) is 0 Å². The van der Waals surface area contributed by atoms with Gasteiger partial charge in [-0.1, -0.05) is 44.2 Å². The lowest BCUT2D eigenvalue weighted by atomic mass is 10.2. The van der Waals surface area contributed by atoms with Crippen molar-refractivity contribution in [3.05, 3.63) is 36.4 Å². The Labute approximate surface area is 137 Å². The first kappa shape index (κ1) is 15.7. The molecule has 1 aliphatic heterocycles. The van der Waals surface area contributed by atoms with Crippen molar-refractivity contribution >= 4 is 11.6 Å². The molecule has 1 fully saturated rings. The monoisotopic (exact) mass is 312 g/mol. The number of hydrogen-bond acceptors (Lipinski definition) is 5. The molecule has 0 atom stereocenters. The van der Waals surface area contributed by atoms with Crippen LogP contribution in [0.1, 0.15) is 13.8 Å². The Bertz CT molecular complexity index is 624. The third-order valence-corrected chi connectivity index (χ3v) is 3.77. The lowest BCUT2D eigenvalue weighted by molar-refractivity contribution is 0.122. The molecule has 1 aliphatic rings. The van der Waals surface area contributed by atoms with Crippen LogP contribution in [0.3, 0.4) is 0 Å². The zero-order valence-corrected chi connectivity index (χ0v) is 13.8. The fourth-order valence-corrected chi connectivity index (χ4v) is 2.50. The molecule has 122 valence electrons. The van der Waals surface area contributed by atoms with E-state index in [1.165, 1.54) is 0 Å². The number of anilines is 2. The molecule has 1 aromatic carbocycles. The summed E-state index contributed by atoms with van der Waals surface area (Å²) in [4.78, 5) is 11.7. The lowest BCUT2D eigenvalue weighted by Crippen LogP contribution is -2.37. The van der Waals surface area contributed by atoms with Gasteiger partial charge in [-0.2, -0.15) is 0 Å². The van der Waals surface area contributed by atoms with E-state index in [9.17, 15) is 0 Å². The second kappa shape index (κ2) is 7.42. The topological polar surface area (TPSA) is 50.3 Å². The molecule has 3 rings (SSSR count). The van der Waals surface area contributed by atoms with Gasteiger partial charge < -0.3 is 15.0 Å². The van der Waals surface area contributed by atoms with E-state index >= 15 is 0 Å². The van der Waals surface area contributed by atoms with Crippen molar-refractivity contribution in [3.63, 3.8) is 0 Å². The quantitative estimate of drug-likeness (QED) is 0.919. The van der Waals surface area contributed by atoms with Crippen molar-refractivity contribution in [2.24, 2.45) is 5.92 Å². The maximum absolute atomic E-state index is 5.44. The Balaban J connectivity index is 1.92. The standard InChI is InChI=1S/C18H24N4O/c1-14(2)13-19-16-12-17(22-8-10-23-11-9-22)21-18(20-16)15-6-4-3-5-7-15/h3-7,12,14H,8-11,13H2,1-2H3,(H,19,20,21). The van der Waals surface area contributed by atoms with E-state index in [0.29, 0.717) is 5.92 Å². The van der Waals surface area contributed by atoms with Gasteiger partial charge in [0.25, 0.3) is 0 Å². The number of rotatable bonds is 5. The van der Waals surface area contributed by atoms with Crippen molar-refractivity contribution in [1.29, 1.82) is 0 Å². The summed E-state index contributed by atoms with van der Waals surface area (Å²) in [6.07, 6.45) is 0. The molecule has 5 heteroatoms. The van der Waals surface area contributed by atoms with Crippen LogP contribution >= 0.6 is 0 Å². The van der Waals surface area contributed by atoms with E-state index in [1.807, 2.05) is 36.4 Å². The minimum atomic E-state index is 0.567. The summed E-state index contributed by atoms with van der Waals surface area (Å²) in [6.45, 7) is 8.51. The van der Waals surface area contributed by atoms with Crippen LogP contribution < -0.4 is 10.2 Å². The number of nitrogens with zero attached hydrogens (tertiary/aromatic N) is 3. The maximum Gasteiger partial charge on any atom is 0.163 e. The molecule has 0 amide bonds. The smallest absolute Gasteiger partial charge is 0.163 e. The summed E-state index contributed by atoms with van der Waals surface area (Å²) in [5.41, 5.74) is 1.04.